The van der Waals surface area contributed by atoms with Gasteiger partial charge in [-0.15, -0.1) is 0 Å². The van der Waals surface area contributed by atoms with E-state index in [-0.39, 0.29) is 5.56 Å². The van der Waals surface area contributed by atoms with Gasteiger partial charge in [0.2, 0.25) is 0 Å². The molecule has 3 aromatic rings. The highest BCUT2D eigenvalue weighted by atomic mass is 32.2. The van der Waals surface area contributed by atoms with Crippen molar-refractivity contribution in [2.24, 2.45) is 4.36 Å². The number of hydrogen-bond donors (Lipinski definition) is 0. The van der Waals surface area contributed by atoms with Gasteiger partial charge in [0.15, 0.2) is 0 Å². The summed E-state index contributed by atoms with van der Waals surface area (Å²) in [5, 5.41) is 0. The minimum Gasteiger partial charge on any atom is -0.497 e. The van der Waals surface area contributed by atoms with Gasteiger partial charge in [0.25, 0.3) is 5.91 Å². The summed E-state index contributed by atoms with van der Waals surface area (Å²) in [5.41, 5.74) is 1.47. The molecule has 30 heavy (non-hydrogen) atoms. The van der Waals surface area contributed by atoms with Crippen LogP contribution in [0.15, 0.2) is 76.2 Å². The average Bonchev–Trinajstić information content (AvgIpc) is 2.77. The van der Waals surface area contributed by atoms with Crippen molar-refractivity contribution in [3.05, 3.63) is 83.7 Å². The van der Waals surface area contributed by atoms with Crippen LogP contribution in [-0.4, -0.2) is 35.6 Å². The van der Waals surface area contributed by atoms with Crippen molar-refractivity contribution >= 4 is 15.6 Å². The molecule has 1 amide bonds. The number of carbonyl (C=O) groups is 1. The molecule has 152 valence electrons. The fourth-order valence-corrected chi connectivity index (χ4v) is 3.77. The fraction of sp³-hybridized carbons (Fsp3) is 0.130. The SMILES string of the molecule is COc1ccc(S(C)(=O)=NC(=O)c2cncc(C#Cc3ccccc3OC)c2)cc1. The molecule has 0 spiro atoms. The number of hydrogen-bond acceptors (Lipinski definition) is 5. The zero-order chi connectivity index (χ0) is 21.6. The molecule has 0 bridgehead atoms. The van der Waals surface area contributed by atoms with Crippen molar-refractivity contribution in [3.63, 3.8) is 0 Å². The van der Waals surface area contributed by atoms with E-state index in [1.165, 1.54) is 12.5 Å². The summed E-state index contributed by atoms with van der Waals surface area (Å²) in [4.78, 5) is 17.1. The fourth-order valence-electron chi connectivity index (χ4n) is 2.60. The monoisotopic (exact) mass is 420 g/mol. The Balaban J connectivity index is 1.88. The van der Waals surface area contributed by atoms with Crippen LogP contribution >= 0.6 is 0 Å². The van der Waals surface area contributed by atoms with E-state index in [1.54, 1.807) is 50.7 Å². The highest BCUT2D eigenvalue weighted by Crippen LogP contribution is 2.18. The van der Waals surface area contributed by atoms with E-state index in [0.29, 0.717) is 22.0 Å². The summed E-state index contributed by atoms with van der Waals surface area (Å²) >= 11 is 0. The standard InChI is InChI=1S/C23H20N2O4S/c1-28-20-10-12-21(13-11-20)30(3,27)25-23(26)19-14-17(15-24-16-19)8-9-18-6-4-5-7-22(18)29-2/h4-7,10-16H,1-3H3. The van der Waals surface area contributed by atoms with Gasteiger partial charge >= 0.3 is 0 Å². The molecule has 0 saturated carbocycles. The van der Waals surface area contributed by atoms with Crippen LogP contribution in [0.25, 0.3) is 0 Å². The number of nitrogens with zero attached hydrogens (tertiary/aromatic N) is 2. The maximum absolute atomic E-state index is 12.9. The Kier molecular flexibility index (Phi) is 6.50. The molecule has 0 fully saturated rings. The third kappa shape index (κ3) is 5.04. The molecule has 1 heterocycles. The van der Waals surface area contributed by atoms with Crippen molar-refractivity contribution in [2.75, 3.05) is 20.5 Å². The number of ether oxygens (including phenoxy) is 2. The van der Waals surface area contributed by atoms with E-state index in [0.717, 1.165) is 5.56 Å². The molecule has 6 nitrogen and oxygen atoms in total. The predicted octanol–water partition coefficient (Wildman–Crippen LogP) is 3.80. The number of para-hydroxylation sites is 1. The van der Waals surface area contributed by atoms with Crippen molar-refractivity contribution in [1.29, 1.82) is 0 Å². The molecule has 0 N–H and O–H groups in total. The smallest absolute Gasteiger partial charge is 0.286 e. The summed E-state index contributed by atoms with van der Waals surface area (Å²) in [6.45, 7) is 0. The first-order valence-corrected chi connectivity index (χ1v) is 10.9. The normalized spacial score (nSPS) is 12.1. The lowest BCUT2D eigenvalue weighted by atomic mass is 10.1. The summed E-state index contributed by atoms with van der Waals surface area (Å²) in [6, 6.07) is 15.6. The van der Waals surface area contributed by atoms with Crippen LogP contribution in [0.2, 0.25) is 0 Å². The average molecular weight is 420 g/mol. The van der Waals surface area contributed by atoms with Crippen LogP contribution in [0, 0.1) is 11.8 Å². The van der Waals surface area contributed by atoms with Gasteiger partial charge in [0, 0.05) is 29.1 Å². The molecule has 0 aliphatic rings. The van der Waals surface area contributed by atoms with Crippen LogP contribution < -0.4 is 9.47 Å². The second-order valence-electron chi connectivity index (χ2n) is 6.29. The van der Waals surface area contributed by atoms with E-state index >= 15 is 0 Å². The molecule has 1 atom stereocenters. The maximum atomic E-state index is 12.9. The third-order valence-corrected chi connectivity index (χ3v) is 5.85. The molecule has 0 aliphatic carbocycles. The van der Waals surface area contributed by atoms with Gasteiger partial charge in [-0.2, -0.15) is 4.36 Å². The van der Waals surface area contributed by atoms with Gasteiger partial charge < -0.3 is 9.47 Å². The number of carbonyl (C=O) groups excluding carboxylic acids is 1. The molecular formula is C23H20N2O4S. The molecular weight excluding hydrogens is 400 g/mol. The van der Waals surface area contributed by atoms with Gasteiger partial charge in [-0.3, -0.25) is 9.78 Å². The number of methoxy groups -OCH3 is 2. The zero-order valence-corrected chi connectivity index (χ0v) is 17.6. The van der Waals surface area contributed by atoms with Crippen LogP contribution in [0.5, 0.6) is 11.5 Å². The minimum absolute atomic E-state index is 0.213. The Hall–Kier alpha value is -3.63. The largest absolute Gasteiger partial charge is 0.497 e. The molecule has 0 radical (unpaired) electrons. The summed E-state index contributed by atoms with van der Waals surface area (Å²) in [7, 11) is 0.202. The summed E-state index contributed by atoms with van der Waals surface area (Å²) < 4.78 is 27.3. The lowest BCUT2D eigenvalue weighted by Crippen LogP contribution is -2.04. The van der Waals surface area contributed by atoms with Crippen molar-refractivity contribution in [1.82, 2.24) is 4.98 Å². The van der Waals surface area contributed by atoms with Gasteiger partial charge in [-0.25, -0.2) is 4.21 Å². The topological polar surface area (TPSA) is 77.9 Å². The molecule has 1 aromatic heterocycles. The summed E-state index contributed by atoms with van der Waals surface area (Å²) in [5.74, 6) is 6.64. The second-order valence-corrected chi connectivity index (χ2v) is 8.55. The van der Waals surface area contributed by atoms with Crippen LogP contribution in [0.1, 0.15) is 21.5 Å². The van der Waals surface area contributed by atoms with Gasteiger partial charge in [0.05, 0.1) is 35.1 Å². The summed E-state index contributed by atoms with van der Waals surface area (Å²) in [6.07, 6.45) is 4.35. The lowest BCUT2D eigenvalue weighted by molar-refractivity contribution is 0.100. The van der Waals surface area contributed by atoms with Crippen LogP contribution in [0.3, 0.4) is 0 Å². The van der Waals surface area contributed by atoms with E-state index in [2.05, 4.69) is 21.2 Å². The zero-order valence-electron chi connectivity index (χ0n) is 16.8. The Morgan fingerprint density at radius 2 is 1.73 bits per heavy atom. The minimum atomic E-state index is -2.92. The number of aromatic nitrogens is 1. The quantitative estimate of drug-likeness (QED) is 0.600. The van der Waals surface area contributed by atoms with Crippen molar-refractivity contribution < 1.29 is 18.5 Å². The Morgan fingerprint density at radius 1 is 1.00 bits per heavy atom. The number of rotatable bonds is 4. The molecule has 3 rings (SSSR count). The first kappa shape index (κ1) is 21.1. The van der Waals surface area contributed by atoms with E-state index < -0.39 is 15.6 Å². The highest BCUT2D eigenvalue weighted by molar-refractivity contribution is 7.93. The molecule has 2 aromatic carbocycles. The van der Waals surface area contributed by atoms with Crippen molar-refractivity contribution in [2.45, 2.75) is 4.90 Å². The number of pyridine rings is 1. The predicted molar refractivity (Wildman–Crippen MR) is 115 cm³/mol. The number of amides is 1. The Labute approximate surface area is 176 Å². The maximum Gasteiger partial charge on any atom is 0.286 e. The third-order valence-electron chi connectivity index (χ3n) is 4.19. The van der Waals surface area contributed by atoms with Crippen molar-refractivity contribution in [3.8, 4) is 23.3 Å². The number of benzene rings is 2. The van der Waals surface area contributed by atoms with Gasteiger partial charge in [-0.05, 0) is 42.5 Å². The van der Waals surface area contributed by atoms with E-state index in [1.807, 2.05) is 24.3 Å². The first-order chi connectivity index (χ1) is 14.4. The Morgan fingerprint density at radius 3 is 2.43 bits per heavy atom. The van der Waals surface area contributed by atoms with Gasteiger partial charge in [0.1, 0.15) is 11.5 Å². The van der Waals surface area contributed by atoms with Crippen LogP contribution in [0.4, 0.5) is 0 Å². The van der Waals surface area contributed by atoms with Crippen LogP contribution in [-0.2, 0) is 9.73 Å². The highest BCUT2D eigenvalue weighted by Gasteiger charge is 2.12. The second kappa shape index (κ2) is 9.25. The van der Waals surface area contributed by atoms with Gasteiger partial charge in [-0.1, -0.05) is 24.0 Å². The Bertz CT molecular complexity index is 1250. The van der Waals surface area contributed by atoms with E-state index in [4.69, 9.17) is 9.47 Å². The molecule has 0 saturated heterocycles. The van der Waals surface area contributed by atoms with E-state index in [9.17, 15) is 9.00 Å². The molecule has 7 heteroatoms. The molecule has 0 aliphatic heterocycles. The molecule has 1 unspecified atom stereocenters. The lowest BCUT2D eigenvalue weighted by Gasteiger charge is -2.05. The first-order valence-electron chi connectivity index (χ1n) is 8.93.